The van der Waals surface area contributed by atoms with Gasteiger partial charge in [-0.1, -0.05) is 71.2 Å². The van der Waals surface area contributed by atoms with Crippen molar-refractivity contribution in [3.63, 3.8) is 0 Å². The Balaban J connectivity index is 1.15. The third kappa shape index (κ3) is 10.00. The summed E-state index contributed by atoms with van der Waals surface area (Å²) in [6.45, 7) is 1.98. The van der Waals surface area contributed by atoms with Gasteiger partial charge in [-0.2, -0.15) is 0 Å². The fourth-order valence-electron chi connectivity index (χ4n) is 6.01. The van der Waals surface area contributed by atoms with Crippen LogP contribution in [-0.4, -0.2) is 96.4 Å². The Bertz CT molecular complexity index is 1690. The molecule has 0 spiro atoms. The van der Waals surface area contributed by atoms with Gasteiger partial charge < -0.3 is 36.0 Å². The molecule has 0 saturated carbocycles. The first-order chi connectivity index (χ1) is 24.1. The Hall–Kier alpha value is -4.10. The third-order valence-electron chi connectivity index (χ3n) is 8.56. The summed E-state index contributed by atoms with van der Waals surface area (Å²) in [4.78, 5) is 58.9. The van der Waals surface area contributed by atoms with Gasteiger partial charge in [0, 0.05) is 49.9 Å². The summed E-state index contributed by atoms with van der Waals surface area (Å²) in [7, 11) is 0. The second-order valence-corrected chi connectivity index (χ2v) is 13.6. The van der Waals surface area contributed by atoms with E-state index < -0.39 is 23.9 Å². The predicted octanol–water partition coefficient (Wildman–Crippen LogP) is 4.12. The summed E-state index contributed by atoms with van der Waals surface area (Å²) in [6, 6.07) is 20.2. The zero-order valence-electron chi connectivity index (χ0n) is 27.2. The molecule has 264 valence electrons. The molecular weight excluding hydrogens is 721 g/mol. The molecule has 11 nitrogen and oxygen atoms in total. The number of halogens is 3. The van der Waals surface area contributed by atoms with E-state index >= 15 is 0 Å². The minimum atomic E-state index is -0.939. The molecule has 2 fully saturated rings. The van der Waals surface area contributed by atoms with E-state index in [1.165, 1.54) is 0 Å². The zero-order valence-corrected chi connectivity index (χ0v) is 30.3. The van der Waals surface area contributed by atoms with Gasteiger partial charge in [-0.25, -0.2) is 0 Å². The Kier molecular flexibility index (Phi) is 13.2. The van der Waals surface area contributed by atoms with Crippen molar-refractivity contribution in [3.8, 4) is 0 Å². The van der Waals surface area contributed by atoms with E-state index in [4.69, 9.17) is 47.0 Å². The van der Waals surface area contributed by atoms with Gasteiger partial charge >= 0.3 is 0 Å². The van der Waals surface area contributed by atoms with Crippen LogP contribution in [0.1, 0.15) is 18.4 Å². The van der Waals surface area contributed by atoms with Crippen LogP contribution >= 0.6 is 47.0 Å². The number of carbonyl (C=O) groups excluding carboxylic acids is 4. The molecule has 2 saturated heterocycles. The van der Waals surface area contributed by atoms with Gasteiger partial charge in [0.1, 0.15) is 12.1 Å². The van der Waals surface area contributed by atoms with Gasteiger partial charge in [0.05, 0.1) is 28.8 Å². The summed E-state index contributed by atoms with van der Waals surface area (Å²) in [6.07, 6.45) is 1.43. The van der Waals surface area contributed by atoms with E-state index in [1.54, 1.807) is 40.1 Å². The molecule has 2 heterocycles. The molecule has 15 heteroatoms. The Labute approximate surface area is 311 Å². The SMILES string of the molecule is O=C(CNC(=S)Nc1ccc(Cl)cc1)NCC(=O)N[C@@H](Cc1ccccc1)C(=O)N1CCC[C@H]1C(=O)N1CCN(c2cccc(Cl)c2Cl)CC1. The standard InChI is InChI=1S/C35H38Cl3N7O4S/c36-24-11-13-25(14-12-24)41-35(50)40-21-30(46)39-22-31(47)42-27(20-23-6-2-1-3-7-23)33(48)45-15-5-10-29(45)34(49)44-18-16-43(17-19-44)28-9-4-8-26(37)32(28)38/h1-4,6-9,11-14,27,29H,5,10,15-22H2,(H,39,46)(H,42,47)(H2,40,41,50)/t27-,29-/m0/s1. The lowest BCUT2D eigenvalue weighted by molar-refractivity contribution is -0.145. The zero-order chi connectivity index (χ0) is 35.6. The van der Waals surface area contributed by atoms with Crippen LogP contribution < -0.4 is 26.2 Å². The van der Waals surface area contributed by atoms with E-state index in [1.807, 2.05) is 42.5 Å². The molecular formula is C35H38Cl3N7O4S. The normalized spacial score (nSPS) is 16.4. The van der Waals surface area contributed by atoms with Crippen LogP contribution in [0, 0.1) is 0 Å². The van der Waals surface area contributed by atoms with Gasteiger partial charge in [0.15, 0.2) is 5.11 Å². The number of anilines is 2. The first-order valence-corrected chi connectivity index (χ1v) is 17.8. The van der Waals surface area contributed by atoms with Gasteiger partial charge in [-0.3, -0.25) is 19.2 Å². The average molecular weight is 759 g/mol. The fourth-order valence-corrected chi connectivity index (χ4v) is 6.74. The van der Waals surface area contributed by atoms with Crippen LogP contribution in [0.2, 0.25) is 15.1 Å². The second kappa shape index (κ2) is 17.7. The highest BCUT2D eigenvalue weighted by Gasteiger charge is 2.40. The number of rotatable bonds is 11. The number of hydrogen-bond acceptors (Lipinski definition) is 6. The maximum Gasteiger partial charge on any atom is 0.246 e. The average Bonchev–Trinajstić information content (AvgIpc) is 3.62. The predicted molar refractivity (Wildman–Crippen MR) is 201 cm³/mol. The molecule has 2 aliphatic rings. The molecule has 2 aliphatic heterocycles. The van der Waals surface area contributed by atoms with Crippen LogP contribution in [0.25, 0.3) is 0 Å². The van der Waals surface area contributed by atoms with Gasteiger partial charge in [-0.05, 0) is 67.0 Å². The minimum Gasteiger partial charge on any atom is -0.367 e. The molecule has 0 aromatic heterocycles. The number of nitrogens with zero attached hydrogens (tertiary/aromatic N) is 3. The first kappa shape index (κ1) is 37.2. The molecule has 50 heavy (non-hydrogen) atoms. The molecule has 3 aromatic carbocycles. The van der Waals surface area contributed by atoms with Crippen LogP contribution in [0.15, 0.2) is 72.8 Å². The quantitative estimate of drug-likeness (QED) is 0.216. The van der Waals surface area contributed by atoms with Gasteiger partial charge in [0.2, 0.25) is 23.6 Å². The van der Waals surface area contributed by atoms with Gasteiger partial charge in [-0.15, -0.1) is 0 Å². The Morgan fingerprint density at radius 2 is 1.50 bits per heavy atom. The van der Waals surface area contributed by atoms with E-state index in [2.05, 4.69) is 26.2 Å². The maximum absolute atomic E-state index is 14.1. The topological polar surface area (TPSA) is 126 Å². The number of thiocarbonyl (C=S) groups is 1. The lowest BCUT2D eigenvalue weighted by atomic mass is 10.0. The second-order valence-electron chi connectivity index (χ2n) is 12.0. The summed E-state index contributed by atoms with van der Waals surface area (Å²) in [5.41, 5.74) is 2.37. The summed E-state index contributed by atoms with van der Waals surface area (Å²) < 4.78 is 0. The summed E-state index contributed by atoms with van der Waals surface area (Å²) in [5, 5.41) is 12.9. The van der Waals surface area contributed by atoms with Crippen LogP contribution in [0.3, 0.4) is 0 Å². The monoisotopic (exact) mass is 757 g/mol. The van der Waals surface area contributed by atoms with Crippen molar-refractivity contribution in [2.75, 3.05) is 56.0 Å². The Morgan fingerprint density at radius 1 is 0.800 bits per heavy atom. The molecule has 4 amide bonds. The largest absolute Gasteiger partial charge is 0.367 e. The van der Waals surface area contributed by atoms with Crippen LogP contribution in [0.5, 0.6) is 0 Å². The molecule has 0 radical (unpaired) electrons. The van der Waals surface area contributed by atoms with Crippen molar-refractivity contribution in [2.45, 2.75) is 31.3 Å². The van der Waals surface area contributed by atoms with E-state index in [9.17, 15) is 19.2 Å². The number of amides is 4. The molecule has 2 atom stereocenters. The Morgan fingerprint density at radius 3 is 2.22 bits per heavy atom. The van der Waals surface area contributed by atoms with Crippen molar-refractivity contribution in [3.05, 3.63) is 93.4 Å². The highest BCUT2D eigenvalue weighted by molar-refractivity contribution is 7.80. The van der Waals surface area contributed by atoms with Crippen molar-refractivity contribution in [2.24, 2.45) is 0 Å². The summed E-state index contributed by atoms with van der Waals surface area (Å²) >= 11 is 23.8. The maximum atomic E-state index is 14.1. The highest BCUT2D eigenvalue weighted by Crippen LogP contribution is 2.33. The lowest BCUT2D eigenvalue weighted by Crippen LogP contribution is -2.58. The van der Waals surface area contributed by atoms with Crippen molar-refractivity contribution in [1.82, 2.24) is 25.8 Å². The van der Waals surface area contributed by atoms with E-state index in [0.29, 0.717) is 66.3 Å². The molecule has 5 rings (SSSR count). The smallest absolute Gasteiger partial charge is 0.246 e. The molecule has 0 aliphatic carbocycles. The van der Waals surface area contributed by atoms with Crippen molar-refractivity contribution in [1.29, 1.82) is 0 Å². The van der Waals surface area contributed by atoms with Crippen molar-refractivity contribution < 1.29 is 19.2 Å². The van der Waals surface area contributed by atoms with Crippen LogP contribution in [-0.2, 0) is 25.6 Å². The number of nitrogens with one attached hydrogen (secondary N) is 4. The highest BCUT2D eigenvalue weighted by atomic mass is 35.5. The van der Waals surface area contributed by atoms with Crippen LogP contribution in [0.4, 0.5) is 11.4 Å². The minimum absolute atomic E-state index is 0.110. The van der Waals surface area contributed by atoms with Gasteiger partial charge in [0.25, 0.3) is 0 Å². The number of benzene rings is 3. The lowest BCUT2D eigenvalue weighted by Gasteiger charge is -2.39. The third-order valence-corrected chi connectivity index (χ3v) is 9.87. The molecule has 3 aromatic rings. The molecule has 0 unspecified atom stereocenters. The number of carbonyl (C=O) groups is 4. The van der Waals surface area contributed by atoms with E-state index in [-0.39, 0.29) is 36.4 Å². The van der Waals surface area contributed by atoms with Crippen molar-refractivity contribution >= 4 is 87.1 Å². The number of likely N-dealkylation sites (tertiary alicyclic amines) is 1. The molecule has 4 N–H and O–H groups in total. The number of hydrogen-bond donors (Lipinski definition) is 4. The first-order valence-electron chi connectivity index (χ1n) is 16.3. The van der Waals surface area contributed by atoms with E-state index in [0.717, 1.165) is 11.3 Å². The summed E-state index contributed by atoms with van der Waals surface area (Å²) in [5.74, 6) is -1.45. The number of piperazine rings is 1. The molecule has 0 bridgehead atoms. The fraction of sp³-hybridized carbons (Fsp3) is 0.343.